The van der Waals surface area contributed by atoms with Gasteiger partial charge in [0.15, 0.2) is 0 Å². The Morgan fingerprint density at radius 2 is 1.88 bits per heavy atom. The first-order valence-corrected chi connectivity index (χ1v) is 9.02. The molecule has 0 saturated carbocycles. The van der Waals surface area contributed by atoms with Gasteiger partial charge in [0.2, 0.25) is 0 Å². The van der Waals surface area contributed by atoms with Crippen LogP contribution in [0, 0.1) is 6.92 Å². The standard InChI is InChI=1S/C22H28O3/c1-4-5-13-24-21-8-6-7-20(15-21)16-25-22-12-11-19(14-17(22)2)10-9-18(3)23/h6-8,11-12,14-15H,4-5,9-10,13,16H2,1-3H3. The number of hydrogen-bond acceptors (Lipinski definition) is 3. The molecular formula is C22H28O3. The molecule has 0 bridgehead atoms. The Kier molecular flexibility index (Phi) is 7.52. The van der Waals surface area contributed by atoms with Crippen molar-refractivity contribution in [1.82, 2.24) is 0 Å². The van der Waals surface area contributed by atoms with Crippen molar-refractivity contribution in [2.45, 2.75) is 53.1 Å². The maximum atomic E-state index is 11.1. The highest BCUT2D eigenvalue weighted by molar-refractivity contribution is 5.75. The lowest BCUT2D eigenvalue weighted by molar-refractivity contribution is -0.116. The van der Waals surface area contributed by atoms with Crippen molar-refractivity contribution >= 4 is 5.78 Å². The molecule has 0 unspecified atom stereocenters. The van der Waals surface area contributed by atoms with Gasteiger partial charge in [0.05, 0.1) is 6.61 Å². The number of ketones is 1. The van der Waals surface area contributed by atoms with Gasteiger partial charge < -0.3 is 14.3 Å². The van der Waals surface area contributed by atoms with E-state index in [9.17, 15) is 4.79 Å². The lowest BCUT2D eigenvalue weighted by Gasteiger charge is -2.12. The van der Waals surface area contributed by atoms with Crippen LogP contribution in [-0.2, 0) is 17.8 Å². The number of carbonyl (C=O) groups is 1. The molecule has 3 nitrogen and oxygen atoms in total. The van der Waals surface area contributed by atoms with E-state index in [0.717, 1.165) is 48.5 Å². The Hall–Kier alpha value is -2.29. The Balaban J connectivity index is 1.92. The summed E-state index contributed by atoms with van der Waals surface area (Å²) in [6.07, 6.45) is 3.57. The second kappa shape index (κ2) is 9.87. The minimum Gasteiger partial charge on any atom is -0.494 e. The van der Waals surface area contributed by atoms with E-state index in [-0.39, 0.29) is 5.78 Å². The van der Waals surface area contributed by atoms with Gasteiger partial charge in [0.25, 0.3) is 0 Å². The summed E-state index contributed by atoms with van der Waals surface area (Å²) in [5, 5.41) is 0. The van der Waals surface area contributed by atoms with Gasteiger partial charge in [-0.25, -0.2) is 0 Å². The molecule has 0 amide bonds. The highest BCUT2D eigenvalue weighted by atomic mass is 16.5. The topological polar surface area (TPSA) is 35.5 Å². The van der Waals surface area contributed by atoms with E-state index >= 15 is 0 Å². The number of aryl methyl sites for hydroxylation is 2. The summed E-state index contributed by atoms with van der Waals surface area (Å²) in [5.74, 6) is 1.99. The predicted octanol–water partition coefficient (Wildman–Crippen LogP) is 5.27. The van der Waals surface area contributed by atoms with Crippen molar-refractivity contribution in [3.05, 3.63) is 59.2 Å². The number of ether oxygens (including phenoxy) is 2. The first-order valence-electron chi connectivity index (χ1n) is 9.02. The normalized spacial score (nSPS) is 10.5. The van der Waals surface area contributed by atoms with Crippen LogP contribution >= 0.6 is 0 Å². The Morgan fingerprint density at radius 3 is 2.60 bits per heavy atom. The highest BCUT2D eigenvalue weighted by Crippen LogP contribution is 2.22. The van der Waals surface area contributed by atoms with Gasteiger partial charge in [0.1, 0.15) is 23.9 Å². The van der Waals surface area contributed by atoms with Crippen molar-refractivity contribution in [2.75, 3.05) is 6.61 Å². The van der Waals surface area contributed by atoms with Crippen LogP contribution in [0.5, 0.6) is 11.5 Å². The zero-order valence-corrected chi connectivity index (χ0v) is 15.5. The smallest absolute Gasteiger partial charge is 0.130 e. The van der Waals surface area contributed by atoms with Crippen LogP contribution in [0.2, 0.25) is 0 Å². The van der Waals surface area contributed by atoms with Gasteiger partial charge in [-0.2, -0.15) is 0 Å². The molecule has 0 atom stereocenters. The van der Waals surface area contributed by atoms with E-state index < -0.39 is 0 Å². The van der Waals surface area contributed by atoms with E-state index in [4.69, 9.17) is 9.47 Å². The summed E-state index contributed by atoms with van der Waals surface area (Å²) in [6.45, 7) is 7.09. The number of rotatable bonds is 10. The van der Waals surface area contributed by atoms with Crippen LogP contribution in [0.15, 0.2) is 42.5 Å². The zero-order valence-electron chi connectivity index (χ0n) is 15.5. The Labute approximate surface area is 151 Å². The quantitative estimate of drug-likeness (QED) is 0.552. The van der Waals surface area contributed by atoms with Gasteiger partial charge in [-0.3, -0.25) is 0 Å². The minimum absolute atomic E-state index is 0.221. The molecule has 25 heavy (non-hydrogen) atoms. The lowest BCUT2D eigenvalue weighted by Crippen LogP contribution is -2.00. The SMILES string of the molecule is CCCCOc1cccc(COc2ccc(CCC(C)=O)cc2C)c1. The van der Waals surface area contributed by atoms with Gasteiger partial charge in [-0.1, -0.05) is 37.6 Å². The molecule has 0 aliphatic heterocycles. The summed E-state index contributed by atoms with van der Waals surface area (Å²) in [5.41, 5.74) is 3.36. The Bertz CT molecular complexity index is 691. The van der Waals surface area contributed by atoms with Crippen molar-refractivity contribution in [2.24, 2.45) is 0 Å². The van der Waals surface area contributed by atoms with Crippen molar-refractivity contribution in [3.63, 3.8) is 0 Å². The third-order valence-corrected chi connectivity index (χ3v) is 4.06. The number of hydrogen-bond donors (Lipinski definition) is 0. The fraction of sp³-hybridized carbons (Fsp3) is 0.409. The summed E-state index contributed by atoms with van der Waals surface area (Å²) in [6, 6.07) is 14.2. The molecule has 2 rings (SSSR count). The Morgan fingerprint density at radius 1 is 1.04 bits per heavy atom. The molecule has 0 aromatic heterocycles. The third kappa shape index (κ3) is 6.61. The molecule has 0 fully saturated rings. The lowest BCUT2D eigenvalue weighted by atomic mass is 10.1. The van der Waals surface area contributed by atoms with Crippen molar-refractivity contribution in [3.8, 4) is 11.5 Å². The van der Waals surface area contributed by atoms with Crippen LogP contribution in [0.1, 0.15) is 49.8 Å². The fourth-order valence-corrected chi connectivity index (χ4v) is 2.57. The van der Waals surface area contributed by atoms with Gasteiger partial charge in [0, 0.05) is 6.42 Å². The second-order valence-corrected chi connectivity index (χ2v) is 6.44. The van der Waals surface area contributed by atoms with E-state index in [1.54, 1.807) is 6.92 Å². The number of benzene rings is 2. The summed E-state index contributed by atoms with van der Waals surface area (Å²) in [7, 11) is 0. The number of carbonyl (C=O) groups excluding carboxylic acids is 1. The van der Waals surface area contributed by atoms with Crippen molar-refractivity contribution in [1.29, 1.82) is 0 Å². The monoisotopic (exact) mass is 340 g/mol. The zero-order chi connectivity index (χ0) is 18.1. The average Bonchev–Trinajstić information content (AvgIpc) is 2.60. The van der Waals surface area contributed by atoms with Crippen LogP contribution in [-0.4, -0.2) is 12.4 Å². The summed E-state index contributed by atoms with van der Waals surface area (Å²) < 4.78 is 11.7. The van der Waals surface area contributed by atoms with Crippen LogP contribution in [0.25, 0.3) is 0 Å². The van der Waals surface area contributed by atoms with E-state index in [1.165, 1.54) is 5.56 Å². The van der Waals surface area contributed by atoms with E-state index in [1.807, 2.05) is 43.3 Å². The molecule has 0 N–H and O–H groups in total. The maximum Gasteiger partial charge on any atom is 0.130 e. The molecule has 0 aliphatic rings. The molecule has 0 radical (unpaired) electrons. The van der Waals surface area contributed by atoms with E-state index in [2.05, 4.69) is 13.0 Å². The second-order valence-electron chi connectivity index (χ2n) is 6.44. The first kappa shape index (κ1) is 19.0. The maximum absolute atomic E-state index is 11.1. The number of unbranched alkanes of at least 4 members (excludes halogenated alkanes) is 1. The molecular weight excluding hydrogens is 312 g/mol. The van der Waals surface area contributed by atoms with Crippen LogP contribution in [0.4, 0.5) is 0 Å². The molecule has 2 aromatic rings. The van der Waals surface area contributed by atoms with Crippen molar-refractivity contribution < 1.29 is 14.3 Å². The average molecular weight is 340 g/mol. The molecule has 134 valence electrons. The van der Waals surface area contributed by atoms with Gasteiger partial charge in [-0.05, 0) is 61.6 Å². The molecule has 0 heterocycles. The molecule has 0 spiro atoms. The third-order valence-electron chi connectivity index (χ3n) is 4.06. The predicted molar refractivity (Wildman–Crippen MR) is 101 cm³/mol. The van der Waals surface area contributed by atoms with Gasteiger partial charge >= 0.3 is 0 Å². The van der Waals surface area contributed by atoms with E-state index in [0.29, 0.717) is 13.0 Å². The summed E-state index contributed by atoms with van der Waals surface area (Å²) in [4.78, 5) is 11.1. The molecule has 0 saturated heterocycles. The van der Waals surface area contributed by atoms with Crippen LogP contribution < -0.4 is 9.47 Å². The van der Waals surface area contributed by atoms with Crippen LogP contribution in [0.3, 0.4) is 0 Å². The first-order chi connectivity index (χ1) is 12.1. The van der Waals surface area contributed by atoms with Gasteiger partial charge in [-0.15, -0.1) is 0 Å². The molecule has 0 aliphatic carbocycles. The largest absolute Gasteiger partial charge is 0.494 e. The molecule has 3 heteroatoms. The molecule has 2 aromatic carbocycles. The summed E-state index contributed by atoms with van der Waals surface area (Å²) >= 11 is 0. The minimum atomic E-state index is 0.221. The number of Topliss-reactive ketones (excluding diaryl/α,β-unsaturated/α-hetero) is 1. The highest BCUT2D eigenvalue weighted by Gasteiger charge is 2.04. The fourth-order valence-electron chi connectivity index (χ4n) is 2.57.